The van der Waals surface area contributed by atoms with Crippen molar-refractivity contribution >= 4 is 21.6 Å². The molecule has 1 rings (SSSR count). The Bertz CT molecular complexity index is 339. The SMILES string of the molecule is CN(C)CCN(C)c1ccc(Br)cc1CN. The molecule has 0 unspecified atom stereocenters. The molecule has 1 aromatic carbocycles. The maximum absolute atomic E-state index is 5.76. The smallest absolute Gasteiger partial charge is 0.0410 e. The minimum absolute atomic E-state index is 0.571. The van der Waals surface area contributed by atoms with Crippen LogP contribution in [0.3, 0.4) is 0 Å². The first-order valence-electron chi connectivity index (χ1n) is 5.39. The molecule has 3 nitrogen and oxygen atoms in total. The monoisotopic (exact) mass is 285 g/mol. The van der Waals surface area contributed by atoms with E-state index in [4.69, 9.17) is 5.73 Å². The number of benzene rings is 1. The van der Waals surface area contributed by atoms with E-state index in [9.17, 15) is 0 Å². The Morgan fingerprint density at radius 2 is 1.88 bits per heavy atom. The first-order chi connectivity index (χ1) is 7.54. The highest BCUT2D eigenvalue weighted by molar-refractivity contribution is 9.10. The summed E-state index contributed by atoms with van der Waals surface area (Å²) in [5, 5.41) is 0. The minimum atomic E-state index is 0.571. The van der Waals surface area contributed by atoms with Gasteiger partial charge in [-0.1, -0.05) is 15.9 Å². The van der Waals surface area contributed by atoms with Gasteiger partial charge in [0.25, 0.3) is 0 Å². The molecule has 0 saturated heterocycles. The second-order valence-corrected chi connectivity index (χ2v) is 5.12. The van der Waals surface area contributed by atoms with E-state index in [1.165, 1.54) is 11.3 Å². The second-order valence-electron chi connectivity index (χ2n) is 4.20. The quantitative estimate of drug-likeness (QED) is 0.897. The van der Waals surface area contributed by atoms with Crippen LogP contribution in [0.2, 0.25) is 0 Å². The molecule has 0 atom stereocenters. The number of likely N-dealkylation sites (N-methyl/N-ethyl adjacent to an activating group) is 2. The topological polar surface area (TPSA) is 32.5 Å². The molecule has 4 heteroatoms. The van der Waals surface area contributed by atoms with Gasteiger partial charge in [-0.25, -0.2) is 0 Å². The molecule has 0 aliphatic rings. The van der Waals surface area contributed by atoms with Gasteiger partial charge in [0.1, 0.15) is 0 Å². The molecular weight excluding hydrogens is 266 g/mol. The van der Waals surface area contributed by atoms with Crippen molar-refractivity contribution in [1.29, 1.82) is 0 Å². The van der Waals surface area contributed by atoms with Crippen molar-refractivity contribution in [2.75, 3.05) is 39.1 Å². The maximum Gasteiger partial charge on any atom is 0.0410 e. The Hall–Kier alpha value is -0.580. The van der Waals surface area contributed by atoms with Gasteiger partial charge in [0.2, 0.25) is 0 Å². The molecular formula is C12H20BrN3. The molecule has 16 heavy (non-hydrogen) atoms. The van der Waals surface area contributed by atoms with Crippen LogP contribution in [-0.4, -0.2) is 39.1 Å². The molecule has 0 amide bonds. The van der Waals surface area contributed by atoms with Crippen molar-refractivity contribution in [2.45, 2.75) is 6.54 Å². The van der Waals surface area contributed by atoms with Crippen LogP contribution in [0.15, 0.2) is 22.7 Å². The molecule has 0 saturated carbocycles. The van der Waals surface area contributed by atoms with Gasteiger partial charge >= 0.3 is 0 Å². The summed E-state index contributed by atoms with van der Waals surface area (Å²) in [6.45, 7) is 2.61. The zero-order chi connectivity index (χ0) is 12.1. The summed E-state index contributed by atoms with van der Waals surface area (Å²) in [5.74, 6) is 0. The van der Waals surface area contributed by atoms with Crippen LogP contribution < -0.4 is 10.6 Å². The lowest BCUT2D eigenvalue weighted by Crippen LogP contribution is -2.29. The third kappa shape index (κ3) is 3.77. The molecule has 0 spiro atoms. The molecule has 0 heterocycles. The van der Waals surface area contributed by atoms with Crippen LogP contribution in [0, 0.1) is 0 Å². The number of anilines is 1. The lowest BCUT2D eigenvalue weighted by molar-refractivity contribution is 0.416. The van der Waals surface area contributed by atoms with Gasteiger partial charge in [-0.15, -0.1) is 0 Å². The van der Waals surface area contributed by atoms with E-state index >= 15 is 0 Å². The fraction of sp³-hybridized carbons (Fsp3) is 0.500. The van der Waals surface area contributed by atoms with Crippen molar-refractivity contribution in [3.63, 3.8) is 0 Å². The summed E-state index contributed by atoms with van der Waals surface area (Å²) in [6, 6.07) is 6.25. The Labute approximate surface area is 106 Å². The third-order valence-corrected chi connectivity index (χ3v) is 3.05. The van der Waals surface area contributed by atoms with Crippen LogP contribution in [0.5, 0.6) is 0 Å². The lowest BCUT2D eigenvalue weighted by atomic mass is 10.1. The van der Waals surface area contributed by atoms with E-state index in [0.717, 1.165) is 17.6 Å². The van der Waals surface area contributed by atoms with Crippen molar-refractivity contribution < 1.29 is 0 Å². The Balaban J connectivity index is 2.77. The number of nitrogens with zero attached hydrogens (tertiary/aromatic N) is 2. The standard InChI is InChI=1S/C12H20BrN3/c1-15(2)6-7-16(3)12-5-4-11(13)8-10(12)9-14/h4-5,8H,6-7,9,14H2,1-3H3. The summed E-state index contributed by atoms with van der Waals surface area (Å²) >= 11 is 3.47. The van der Waals surface area contributed by atoms with Crippen LogP contribution in [0.25, 0.3) is 0 Å². The molecule has 0 aliphatic carbocycles. The van der Waals surface area contributed by atoms with Crippen LogP contribution in [0.1, 0.15) is 5.56 Å². The molecule has 1 aromatic rings. The predicted octanol–water partition coefficient (Wildman–Crippen LogP) is 1.91. The van der Waals surface area contributed by atoms with Gasteiger partial charge < -0.3 is 15.5 Å². The molecule has 0 radical (unpaired) electrons. The molecule has 0 aromatic heterocycles. The normalized spacial score (nSPS) is 10.9. The summed E-state index contributed by atoms with van der Waals surface area (Å²) in [5.41, 5.74) is 8.15. The second kappa shape index (κ2) is 6.23. The highest BCUT2D eigenvalue weighted by atomic mass is 79.9. The molecule has 0 aliphatic heterocycles. The van der Waals surface area contributed by atoms with Gasteiger partial charge in [-0.05, 0) is 37.9 Å². The maximum atomic E-state index is 5.76. The number of hydrogen-bond donors (Lipinski definition) is 1. The highest BCUT2D eigenvalue weighted by Gasteiger charge is 2.07. The number of nitrogens with two attached hydrogens (primary N) is 1. The van der Waals surface area contributed by atoms with Crippen LogP contribution in [0.4, 0.5) is 5.69 Å². The van der Waals surface area contributed by atoms with E-state index < -0.39 is 0 Å². The van der Waals surface area contributed by atoms with Gasteiger partial charge in [-0.3, -0.25) is 0 Å². The summed E-state index contributed by atoms with van der Waals surface area (Å²) in [7, 11) is 6.27. The fourth-order valence-electron chi connectivity index (χ4n) is 1.56. The van der Waals surface area contributed by atoms with Crippen molar-refractivity contribution in [3.8, 4) is 0 Å². The van der Waals surface area contributed by atoms with Crippen LogP contribution in [-0.2, 0) is 6.54 Å². The first kappa shape index (κ1) is 13.5. The largest absolute Gasteiger partial charge is 0.373 e. The highest BCUT2D eigenvalue weighted by Crippen LogP contribution is 2.23. The predicted molar refractivity (Wildman–Crippen MR) is 73.9 cm³/mol. The fourth-order valence-corrected chi connectivity index (χ4v) is 1.97. The zero-order valence-corrected chi connectivity index (χ0v) is 11.8. The van der Waals surface area contributed by atoms with Crippen molar-refractivity contribution in [1.82, 2.24) is 4.90 Å². The summed E-state index contributed by atoms with van der Waals surface area (Å²) < 4.78 is 1.08. The third-order valence-electron chi connectivity index (χ3n) is 2.56. The van der Waals surface area contributed by atoms with Crippen LogP contribution >= 0.6 is 15.9 Å². The number of halogens is 1. The zero-order valence-electron chi connectivity index (χ0n) is 10.2. The average Bonchev–Trinajstić information content (AvgIpc) is 2.25. The van der Waals surface area contributed by atoms with Gasteiger partial charge in [0.05, 0.1) is 0 Å². The molecule has 0 fully saturated rings. The summed E-state index contributed by atoms with van der Waals surface area (Å²) in [4.78, 5) is 4.42. The molecule has 0 bridgehead atoms. The van der Waals surface area contributed by atoms with E-state index in [1.54, 1.807) is 0 Å². The first-order valence-corrected chi connectivity index (χ1v) is 6.18. The van der Waals surface area contributed by atoms with Gasteiger partial charge in [-0.2, -0.15) is 0 Å². The van der Waals surface area contributed by atoms with E-state index in [-0.39, 0.29) is 0 Å². The minimum Gasteiger partial charge on any atom is -0.373 e. The van der Waals surface area contributed by atoms with Gasteiger partial charge in [0.15, 0.2) is 0 Å². The Kier molecular flexibility index (Phi) is 5.25. The van der Waals surface area contributed by atoms with Crippen molar-refractivity contribution in [3.05, 3.63) is 28.2 Å². The van der Waals surface area contributed by atoms with E-state index in [1.807, 2.05) is 0 Å². The lowest BCUT2D eigenvalue weighted by Gasteiger charge is -2.24. The number of rotatable bonds is 5. The molecule has 2 N–H and O–H groups in total. The summed E-state index contributed by atoms with van der Waals surface area (Å²) in [6.07, 6.45) is 0. The Morgan fingerprint density at radius 1 is 1.19 bits per heavy atom. The molecule has 90 valence electrons. The van der Waals surface area contributed by atoms with E-state index in [0.29, 0.717) is 6.54 Å². The van der Waals surface area contributed by atoms with E-state index in [2.05, 4.69) is 65.1 Å². The van der Waals surface area contributed by atoms with Gasteiger partial charge in [0, 0.05) is 36.8 Å². The van der Waals surface area contributed by atoms with Crippen molar-refractivity contribution in [2.24, 2.45) is 5.73 Å². The number of hydrogen-bond acceptors (Lipinski definition) is 3. The Morgan fingerprint density at radius 3 is 2.44 bits per heavy atom. The average molecular weight is 286 g/mol.